The van der Waals surface area contributed by atoms with Crippen LogP contribution in [0, 0.1) is 6.92 Å². The summed E-state index contributed by atoms with van der Waals surface area (Å²) < 4.78 is 0. The van der Waals surface area contributed by atoms with E-state index in [0.717, 1.165) is 24.9 Å². The second-order valence-electron chi connectivity index (χ2n) is 3.87. The Balaban J connectivity index is 2.37. The van der Waals surface area contributed by atoms with E-state index in [1.807, 2.05) is 31.2 Å². The summed E-state index contributed by atoms with van der Waals surface area (Å²) >= 11 is 0. The summed E-state index contributed by atoms with van der Waals surface area (Å²) in [5.41, 5.74) is 2.07. The molecule has 0 aliphatic rings. The molecular weight excluding hydrogens is 186 g/mol. The van der Waals surface area contributed by atoms with E-state index in [1.54, 1.807) is 0 Å². The summed E-state index contributed by atoms with van der Waals surface area (Å²) in [5, 5.41) is 2.90. The standard InChI is InChI=1S/C13H19NO/c1-3-4-5-9-13(15)14-12-8-6-7-11(2)10-12/h6-8,10H,3-5,9H2,1-2H3,(H,14,15). The first-order chi connectivity index (χ1) is 7.22. The molecule has 0 fully saturated rings. The first-order valence-electron chi connectivity index (χ1n) is 5.59. The number of amides is 1. The molecule has 0 aromatic heterocycles. The Morgan fingerprint density at radius 3 is 2.80 bits per heavy atom. The van der Waals surface area contributed by atoms with Gasteiger partial charge in [-0.15, -0.1) is 0 Å². The highest BCUT2D eigenvalue weighted by Crippen LogP contribution is 2.10. The molecule has 0 aliphatic carbocycles. The lowest BCUT2D eigenvalue weighted by Gasteiger charge is -2.05. The van der Waals surface area contributed by atoms with Gasteiger partial charge in [0.1, 0.15) is 0 Å². The number of aryl methyl sites for hydroxylation is 1. The zero-order valence-corrected chi connectivity index (χ0v) is 9.55. The molecule has 1 aromatic rings. The van der Waals surface area contributed by atoms with Gasteiger partial charge in [-0.25, -0.2) is 0 Å². The van der Waals surface area contributed by atoms with Crippen molar-refractivity contribution in [1.29, 1.82) is 0 Å². The second-order valence-corrected chi connectivity index (χ2v) is 3.87. The number of hydrogen-bond donors (Lipinski definition) is 1. The number of anilines is 1. The summed E-state index contributed by atoms with van der Waals surface area (Å²) in [6, 6.07) is 7.88. The molecule has 0 aliphatic heterocycles. The molecule has 15 heavy (non-hydrogen) atoms. The van der Waals surface area contributed by atoms with Gasteiger partial charge in [-0.1, -0.05) is 31.9 Å². The molecular formula is C13H19NO. The number of rotatable bonds is 5. The largest absolute Gasteiger partial charge is 0.326 e. The van der Waals surface area contributed by atoms with Gasteiger partial charge in [0.05, 0.1) is 0 Å². The highest BCUT2D eigenvalue weighted by atomic mass is 16.1. The summed E-state index contributed by atoms with van der Waals surface area (Å²) in [7, 11) is 0. The molecule has 0 heterocycles. The fraction of sp³-hybridized carbons (Fsp3) is 0.462. The first-order valence-corrected chi connectivity index (χ1v) is 5.59. The molecule has 0 saturated heterocycles. The monoisotopic (exact) mass is 205 g/mol. The van der Waals surface area contributed by atoms with Crippen LogP contribution in [0.2, 0.25) is 0 Å². The molecule has 2 nitrogen and oxygen atoms in total. The Morgan fingerprint density at radius 1 is 1.33 bits per heavy atom. The summed E-state index contributed by atoms with van der Waals surface area (Å²) in [4.78, 5) is 11.5. The SMILES string of the molecule is CCCCCC(=O)Nc1cccc(C)c1. The number of carbonyl (C=O) groups excluding carboxylic acids is 1. The van der Waals surface area contributed by atoms with Crippen LogP contribution in [0.15, 0.2) is 24.3 Å². The zero-order chi connectivity index (χ0) is 11.1. The molecule has 82 valence electrons. The predicted molar refractivity (Wildman–Crippen MR) is 64.0 cm³/mol. The summed E-state index contributed by atoms with van der Waals surface area (Å²) in [6.45, 7) is 4.16. The maximum Gasteiger partial charge on any atom is 0.224 e. The van der Waals surface area contributed by atoms with Crippen molar-refractivity contribution in [2.24, 2.45) is 0 Å². The van der Waals surface area contributed by atoms with Crippen LogP contribution in [-0.2, 0) is 4.79 Å². The van der Waals surface area contributed by atoms with E-state index >= 15 is 0 Å². The number of carbonyl (C=O) groups is 1. The van der Waals surface area contributed by atoms with E-state index in [4.69, 9.17) is 0 Å². The molecule has 0 unspecified atom stereocenters. The van der Waals surface area contributed by atoms with E-state index in [-0.39, 0.29) is 5.91 Å². The van der Waals surface area contributed by atoms with Crippen molar-refractivity contribution in [3.63, 3.8) is 0 Å². The van der Waals surface area contributed by atoms with Crippen LogP contribution in [0.3, 0.4) is 0 Å². The van der Waals surface area contributed by atoms with Crippen molar-refractivity contribution >= 4 is 11.6 Å². The second kappa shape index (κ2) is 6.23. The predicted octanol–water partition coefficient (Wildman–Crippen LogP) is 3.51. The van der Waals surface area contributed by atoms with Gasteiger partial charge in [0, 0.05) is 12.1 Å². The first kappa shape index (κ1) is 11.8. The third-order valence-electron chi connectivity index (χ3n) is 2.31. The molecule has 1 N–H and O–H groups in total. The van der Waals surface area contributed by atoms with E-state index < -0.39 is 0 Å². The molecule has 0 atom stereocenters. The smallest absolute Gasteiger partial charge is 0.224 e. The topological polar surface area (TPSA) is 29.1 Å². The van der Waals surface area contributed by atoms with Crippen molar-refractivity contribution in [1.82, 2.24) is 0 Å². The highest BCUT2D eigenvalue weighted by molar-refractivity contribution is 5.90. The Bertz CT molecular complexity index is 320. The molecule has 1 rings (SSSR count). The summed E-state index contributed by atoms with van der Waals surface area (Å²) in [5.74, 6) is 0.119. The minimum Gasteiger partial charge on any atom is -0.326 e. The van der Waals surface area contributed by atoms with Crippen LogP contribution in [0.4, 0.5) is 5.69 Å². The van der Waals surface area contributed by atoms with Gasteiger partial charge in [-0.05, 0) is 31.0 Å². The number of unbranched alkanes of at least 4 members (excludes halogenated alkanes) is 2. The Labute approximate surface area is 91.7 Å². The van der Waals surface area contributed by atoms with E-state index in [2.05, 4.69) is 12.2 Å². The van der Waals surface area contributed by atoms with Crippen LogP contribution >= 0.6 is 0 Å². The van der Waals surface area contributed by atoms with E-state index in [1.165, 1.54) is 5.56 Å². The van der Waals surface area contributed by atoms with Gasteiger partial charge >= 0.3 is 0 Å². The number of benzene rings is 1. The van der Waals surface area contributed by atoms with Gasteiger partial charge in [-0.3, -0.25) is 4.79 Å². The van der Waals surface area contributed by atoms with Crippen molar-refractivity contribution in [3.8, 4) is 0 Å². The minimum absolute atomic E-state index is 0.119. The van der Waals surface area contributed by atoms with E-state index in [0.29, 0.717) is 6.42 Å². The van der Waals surface area contributed by atoms with Gasteiger partial charge in [0.25, 0.3) is 0 Å². The van der Waals surface area contributed by atoms with Crippen LogP contribution < -0.4 is 5.32 Å². The third-order valence-corrected chi connectivity index (χ3v) is 2.31. The summed E-state index contributed by atoms with van der Waals surface area (Å²) in [6.07, 6.45) is 3.88. The molecule has 1 amide bonds. The fourth-order valence-corrected chi connectivity index (χ4v) is 1.48. The average molecular weight is 205 g/mol. The molecule has 1 aromatic carbocycles. The number of hydrogen-bond acceptors (Lipinski definition) is 1. The minimum atomic E-state index is 0.119. The maximum absolute atomic E-state index is 11.5. The Kier molecular flexibility index (Phi) is 4.88. The van der Waals surface area contributed by atoms with Crippen LogP contribution in [0.1, 0.15) is 38.2 Å². The lowest BCUT2D eigenvalue weighted by Crippen LogP contribution is -2.10. The molecule has 0 spiro atoms. The normalized spacial score (nSPS) is 10.0. The van der Waals surface area contributed by atoms with Crippen LogP contribution in [0.25, 0.3) is 0 Å². The lowest BCUT2D eigenvalue weighted by molar-refractivity contribution is -0.116. The average Bonchev–Trinajstić information content (AvgIpc) is 2.18. The van der Waals surface area contributed by atoms with E-state index in [9.17, 15) is 4.79 Å². The zero-order valence-electron chi connectivity index (χ0n) is 9.55. The molecule has 2 heteroatoms. The van der Waals surface area contributed by atoms with Crippen molar-refractivity contribution in [2.75, 3.05) is 5.32 Å². The maximum atomic E-state index is 11.5. The molecule has 0 bridgehead atoms. The van der Waals surface area contributed by atoms with Crippen LogP contribution in [-0.4, -0.2) is 5.91 Å². The number of nitrogens with one attached hydrogen (secondary N) is 1. The van der Waals surface area contributed by atoms with Crippen molar-refractivity contribution < 1.29 is 4.79 Å². The highest BCUT2D eigenvalue weighted by Gasteiger charge is 2.01. The molecule has 0 saturated carbocycles. The van der Waals surface area contributed by atoms with Crippen molar-refractivity contribution in [3.05, 3.63) is 29.8 Å². The third kappa shape index (κ3) is 4.63. The fourth-order valence-electron chi connectivity index (χ4n) is 1.48. The quantitative estimate of drug-likeness (QED) is 0.732. The van der Waals surface area contributed by atoms with Crippen LogP contribution in [0.5, 0.6) is 0 Å². The van der Waals surface area contributed by atoms with Gasteiger partial charge in [0.15, 0.2) is 0 Å². The molecule has 0 radical (unpaired) electrons. The Morgan fingerprint density at radius 2 is 2.13 bits per heavy atom. The van der Waals surface area contributed by atoms with Gasteiger partial charge in [0.2, 0.25) is 5.91 Å². The Hall–Kier alpha value is -1.31. The lowest BCUT2D eigenvalue weighted by atomic mass is 10.2. The van der Waals surface area contributed by atoms with Crippen molar-refractivity contribution in [2.45, 2.75) is 39.5 Å². The van der Waals surface area contributed by atoms with Gasteiger partial charge in [-0.2, -0.15) is 0 Å². The van der Waals surface area contributed by atoms with Gasteiger partial charge < -0.3 is 5.32 Å².